The molecule has 220 valence electrons. The number of carboxylic acid groups (broad SMARTS) is 1. The van der Waals surface area contributed by atoms with E-state index < -0.39 is 18.6 Å². The molecule has 0 amide bonds. The Morgan fingerprint density at radius 2 is 1.55 bits per heavy atom. The minimum absolute atomic E-state index is 0.151. The summed E-state index contributed by atoms with van der Waals surface area (Å²) < 4.78 is 61.6. The summed E-state index contributed by atoms with van der Waals surface area (Å²) >= 11 is 13.7. The van der Waals surface area contributed by atoms with Crippen molar-refractivity contribution in [3.05, 3.63) is 116 Å². The SMILES string of the molecule is CC(Cc1ccc(Cl)cc1)n1c(C(F)F)nc2ccc(C(c3ccc(Cl)cc3)c3nccs3)cc21.O=C(O)C(F)(F)F. The molecule has 42 heavy (non-hydrogen) atoms. The van der Waals surface area contributed by atoms with Crippen molar-refractivity contribution in [2.45, 2.75) is 37.9 Å². The Morgan fingerprint density at radius 3 is 2.07 bits per heavy atom. The van der Waals surface area contributed by atoms with E-state index >= 15 is 0 Å². The first kappa shape index (κ1) is 31.4. The molecule has 0 radical (unpaired) electrons. The fourth-order valence-electron chi connectivity index (χ4n) is 4.49. The molecule has 0 aliphatic carbocycles. The normalized spacial score (nSPS) is 13.1. The van der Waals surface area contributed by atoms with Gasteiger partial charge in [-0.15, -0.1) is 11.3 Å². The highest BCUT2D eigenvalue weighted by molar-refractivity contribution is 7.09. The van der Waals surface area contributed by atoms with Gasteiger partial charge in [0.05, 0.1) is 17.0 Å². The van der Waals surface area contributed by atoms with Crippen LogP contribution in [0.2, 0.25) is 10.0 Å². The predicted molar refractivity (Wildman–Crippen MR) is 153 cm³/mol. The molecule has 0 bridgehead atoms. The van der Waals surface area contributed by atoms with Gasteiger partial charge in [-0.05, 0) is 66.4 Å². The second kappa shape index (κ2) is 13.2. The van der Waals surface area contributed by atoms with Gasteiger partial charge in [0.1, 0.15) is 5.01 Å². The maximum atomic E-state index is 14.1. The lowest BCUT2D eigenvalue weighted by molar-refractivity contribution is -0.192. The van der Waals surface area contributed by atoms with Crippen molar-refractivity contribution in [2.24, 2.45) is 0 Å². The first-order valence-corrected chi connectivity index (χ1v) is 14.0. The Bertz CT molecular complexity index is 1640. The Balaban J connectivity index is 0.000000517. The number of benzene rings is 3. The number of carbonyl (C=O) groups is 1. The van der Waals surface area contributed by atoms with Crippen LogP contribution < -0.4 is 0 Å². The summed E-state index contributed by atoms with van der Waals surface area (Å²) in [6.45, 7) is 1.94. The molecule has 2 heterocycles. The van der Waals surface area contributed by atoms with E-state index in [1.807, 2.05) is 79.0 Å². The Kier molecular flexibility index (Phi) is 9.85. The van der Waals surface area contributed by atoms with Crippen LogP contribution in [0.4, 0.5) is 22.0 Å². The fraction of sp³-hybridized carbons (Fsp3) is 0.207. The van der Waals surface area contributed by atoms with Crippen LogP contribution in [0.25, 0.3) is 11.0 Å². The first-order chi connectivity index (χ1) is 19.8. The maximum Gasteiger partial charge on any atom is 0.490 e. The van der Waals surface area contributed by atoms with Gasteiger partial charge >= 0.3 is 12.1 Å². The lowest BCUT2D eigenvalue weighted by Gasteiger charge is -2.20. The number of thiazole rings is 1. The molecule has 1 N–H and O–H groups in total. The van der Waals surface area contributed by atoms with Crippen molar-refractivity contribution in [1.29, 1.82) is 0 Å². The van der Waals surface area contributed by atoms with Crippen LogP contribution in [-0.4, -0.2) is 31.8 Å². The summed E-state index contributed by atoms with van der Waals surface area (Å²) in [5.74, 6) is -3.13. The molecule has 2 atom stereocenters. The molecule has 13 heteroatoms. The number of nitrogens with zero attached hydrogens (tertiary/aromatic N) is 3. The van der Waals surface area contributed by atoms with Gasteiger partial charge in [-0.3, -0.25) is 0 Å². The highest BCUT2D eigenvalue weighted by Gasteiger charge is 2.38. The quantitative estimate of drug-likeness (QED) is 0.180. The topological polar surface area (TPSA) is 68.0 Å². The van der Waals surface area contributed by atoms with E-state index in [-0.39, 0.29) is 17.8 Å². The van der Waals surface area contributed by atoms with Crippen LogP contribution in [0.3, 0.4) is 0 Å². The van der Waals surface area contributed by atoms with Crippen molar-refractivity contribution in [2.75, 3.05) is 0 Å². The maximum absolute atomic E-state index is 14.1. The van der Waals surface area contributed by atoms with E-state index in [1.54, 1.807) is 22.1 Å². The average molecular weight is 642 g/mol. The van der Waals surface area contributed by atoms with Crippen LogP contribution >= 0.6 is 34.5 Å². The molecule has 0 aliphatic heterocycles. The molecule has 2 unspecified atom stereocenters. The monoisotopic (exact) mass is 641 g/mol. The van der Waals surface area contributed by atoms with Crippen molar-refractivity contribution >= 4 is 51.5 Å². The number of hydrogen-bond donors (Lipinski definition) is 1. The standard InChI is InChI=1S/C27H21Cl2F2N3S.C2HF3O2/c1-16(14-17-2-7-20(28)8-3-17)34-23-15-19(6-11-22(23)33-26(34)25(30)31)24(27-32-12-13-35-27)18-4-9-21(29)10-5-18;3-2(4,5)1(6)7/h2-13,15-16,24-25H,14H2,1H3;(H,6,7). The summed E-state index contributed by atoms with van der Waals surface area (Å²) in [4.78, 5) is 17.8. The number of carboxylic acids is 1. The second-order valence-electron chi connectivity index (χ2n) is 9.23. The zero-order valence-electron chi connectivity index (χ0n) is 21.7. The molecule has 0 fully saturated rings. The molecular formula is C29H22Cl2F5N3O2S. The van der Waals surface area contributed by atoms with Gasteiger partial charge in [-0.25, -0.2) is 23.5 Å². The third-order valence-electron chi connectivity index (χ3n) is 6.30. The molecule has 0 saturated carbocycles. The van der Waals surface area contributed by atoms with Crippen LogP contribution in [-0.2, 0) is 11.2 Å². The molecule has 0 saturated heterocycles. The van der Waals surface area contributed by atoms with Gasteiger partial charge in [-0.1, -0.05) is 53.5 Å². The number of fused-ring (bicyclic) bond motifs is 1. The highest BCUT2D eigenvalue weighted by atomic mass is 35.5. The summed E-state index contributed by atoms with van der Waals surface area (Å²) in [6.07, 6.45) is -5.43. The minimum Gasteiger partial charge on any atom is -0.475 e. The molecule has 5 aromatic rings. The average Bonchev–Trinajstić information content (AvgIpc) is 3.59. The zero-order valence-corrected chi connectivity index (χ0v) is 24.0. The van der Waals surface area contributed by atoms with Gasteiger partial charge in [-0.2, -0.15) is 13.2 Å². The first-order valence-electron chi connectivity index (χ1n) is 12.3. The molecule has 0 spiro atoms. The second-order valence-corrected chi connectivity index (χ2v) is 11.0. The minimum atomic E-state index is -5.08. The summed E-state index contributed by atoms with van der Waals surface area (Å²) in [6, 6.07) is 20.6. The summed E-state index contributed by atoms with van der Waals surface area (Å²) in [5.41, 5.74) is 4.21. The third kappa shape index (κ3) is 7.45. The van der Waals surface area contributed by atoms with Crippen molar-refractivity contribution in [3.8, 4) is 0 Å². The predicted octanol–water partition coefficient (Wildman–Crippen LogP) is 9.35. The van der Waals surface area contributed by atoms with E-state index in [0.29, 0.717) is 27.5 Å². The number of aromatic nitrogens is 3. The number of imidazole rings is 1. The van der Waals surface area contributed by atoms with E-state index in [4.69, 9.17) is 33.1 Å². The van der Waals surface area contributed by atoms with Gasteiger partial charge in [0.2, 0.25) is 0 Å². The van der Waals surface area contributed by atoms with Crippen LogP contribution in [0.1, 0.15) is 52.8 Å². The van der Waals surface area contributed by atoms with Crippen LogP contribution in [0.5, 0.6) is 0 Å². The molecule has 5 rings (SSSR count). The number of hydrogen-bond acceptors (Lipinski definition) is 4. The van der Waals surface area contributed by atoms with E-state index in [2.05, 4.69) is 9.97 Å². The molecule has 2 aromatic heterocycles. The number of halogens is 7. The lowest BCUT2D eigenvalue weighted by Crippen LogP contribution is -2.21. The smallest absolute Gasteiger partial charge is 0.475 e. The Morgan fingerprint density at radius 1 is 0.976 bits per heavy atom. The highest BCUT2D eigenvalue weighted by Crippen LogP contribution is 2.37. The lowest BCUT2D eigenvalue weighted by atomic mass is 9.91. The number of alkyl halides is 5. The van der Waals surface area contributed by atoms with Gasteiger partial charge in [0.15, 0.2) is 5.82 Å². The van der Waals surface area contributed by atoms with Gasteiger partial charge < -0.3 is 9.67 Å². The van der Waals surface area contributed by atoms with Gasteiger partial charge in [0, 0.05) is 27.7 Å². The number of aliphatic carboxylic acids is 1. The number of rotatable bonds is 7. The fourth-order valence-corrected chi connectivity index (χ4v) is 5.53. The summed E-state index contributed by atoms with van der Waals surface area (Å²) in [7, 11) is 0. The Hall–Kier alpha value is -3.54. The molecule has 0 aliphatic rings. The molecule has 3 aromatic carbocycles. The zero-order chi connectivity index (χ0) is 30.6. The van der Waals surface area contributed by atoms with Crippen molar-refractivity contribution < 1.29 is 31.9 Å². The van der Waals surface area contributed by atoms with Crippen molar-refractivity contribution in [3.63, 3.8) is 0 Å². The largest absolute Gasteiger partial charge is 0.490 e. The molecular weight excluding hydrogens is 620 g/mol. The van der Waals surface area contributed by atoms with E-state index in [1.165, 1.54) is 0 Å². The van der Waals surface area contributed by atoms with Gasteiger partial charge in [0.25, 0.3) is 6.43 Å². The third-order valence-corrected chi connectivity index (χ3v) is 7.64. The summed E-state index contributed by atoms with van der Waals surface area (Å²) in [5, 5.41) is 11.3. The Labute approximate surface area is 251 Å². The van der Waals surface area contributed by atoms with E-state index in [0.717, 1.165) is 21.7 Å². The van der Waals surface area contributed by atoms with Crippen LogP contribution in [0.15, 0.2) is 78.3 Å². The van der Waals surface area contributed by atoms with Crippen molar-refractivity contribution in [1.82, 2.24) is 14.5 Å². The van der Waals surface area contributed by atoms with E-state index in [9.17, 15) is 22.0 Å². The van der Waals surface area contributed by atoms with Crippen LogP contribution in [0, 0.1) is 0 Å². The molecule has 5 nitrogen and oxygen atoms in total.